The van der Waals surface area contributed by atoms with Gasteiger partial charge in [0, 0.05) is 11.8 Å². The fourth-order valence-electron chi connectivity index (χ4n) is 6.53. The molecule has 1 atom stereocenters. The Labute approximate surface area is 246 Å². The molecule has 0 radical (unpaired) electrons. The van der Waals surface area contributed by atoms with Crippen LogP contribution in [0.25, 0.3) is 60.1 Å². The van der Waals surface area contributed by atoms with E-state index < -0.39 is 0 Å². The minimum Gasteiger partial charge on any atom is -0.302 e. The standard InChI is InChI=1S/C40H32N2/c1-3-26-21-23-27(24-22-26)38-33-12-5-7-14-35(33)39(36-15-8-6-13-34(36)38)32-19-10-17-30-29(16-9-18-31(30)32)28(4-2)40(41)37-20-11-25-42-37/h4-25,37,41H,3H2,1-2H3/b28-4-,41-40?. The number of aryl methyl sites for hydroxylation is 1. The zero-order valence-corrected chi connectivity index (χ0v) is 23.9. The van der Waals surface area contributed by atoms with Gasteiger partial charge in [0.25, 0.3) is 0 Å². The van der Waals surface area contributed by atoms with E-state index in [1.165, 1.54) is 54.7 Å². The highest BCUT2D eigenvalue weighted by atomic mass is 14.8. The van der Waals surface area contributed by atoms with Crippen molar-refractivity contribution in [3.05, 3.63) is 139 Å². The van der Waals surface area contributed by atoms with Crippen LogP contribution in [0.2, 0.25) is 0 Å². The van der Waals surface area contributed by atoms with Crippen LogP contribution in [0.5, 0.6) is 0 Å². The molecule has 0 spiro atoms. The second-order valence-electron chi connectivity index (χ2n) is 10.8. The number of fused-ring (bicyclic) bond motifs is 3. The van der Waals surface area contributed by atoms with Gasteiger partial charge in [-0.25, -0.2) is 0 Å². The lowest BCUT2D eigenvalue weighted by Gasteiger charge is -2.20. The molecule has 0 aromatic heterocycles. The maximum absolute atomic E-state index is 8.99. The van der Waals surface area contributed by atoms with E-state index in [0.29, 0.717) is 5.71 Å². The SMILES string of the molecule is C/C=C(\C(=N)C1C=CC=N1)c1cccc2c(-c3c4ccccc4c(-c4ccc(CC)cc4)c4ccccc34)cccc12. The number of allylic oxidation sites excluding steroid dienone is 2. The van der Waals surface area contributed by atoms with Crippen LogP contribution < -0.4 is 0 Å². The van der Waals surface area contributed by atoms with E-state index in [-0.39, 0.29) is 6.04 Å². The second kappa shape index (κ2) is 10.7. The minimum absolute atomic E-state index is 0.235. The van der Waals surface area contributed by atoms with Crippen molar-refractivity contribution in [1.29, 1.82) is 5.41 Å². The maximum atomic E-state index is 8.99. The summed E-state index contributed by atoms with van der Waals surface area (Å²) in [5.41, 5.74) is 8.84. The van der Waals surface area contributed by atoms with Crippen LogP contribution in [-0.4, -0.2) is 18.0 Å². The first-order valence-corrected chi connectivity index (χ1v) is 14.7. The Morgan fingerprint density at radius 1 is 0.690 bits per heavy atom. The summed E-state index contributed by atoms with van der Waals surface area (Å²) in [6.07, 6.45) is 8.77. The summed E-state index contributed by atoms with van der Waals surface area (Å²) in [6.45, 7) is 4.22. The third-order valence-corrected chi connectivity index (χ3v) is 8.56. The van der Waals surface area contributed by atoms with Gasteiger partial charge in [0.15, 0.2) is 0 Å². The normalized spacial score (nSPS) is 14.8. The van der Waals surface area contributed by atoms with Gasteiger partial charge in [-0.15, -0.1) is 0 Å². The number of nitrogens with zero attached hydrogens (tertiary/aromatic N) is 1. The Bertz CT molecular complexity index is 2020. The van der Waals surface area contributed by atoms with E-state index in [4.69, 9.17) is 5.41 Å². The van der Waals surface area contributed by atoms with Crippen LogP contribution in [0.1, 0.15) is 25.0 Å². The molecule has 0 saturated carbocycles. The highest BCUT2D eigenvalue weighted by Gasteiger charge is 2.21. The van der Waals surface area contributed by atoms with Crippen molar-refractivity contribution in [2.45, 2.75) is 26.3 Å². The van der Waals surface area contributed by atoms with Crippen molar-refractivity contribution in [3.8, 4) is 22.3 Å². The van der Waals surface area contributed by atoms with E-state index in [1.54, 1.807) is 6.21 Å². The molecule has 6 aromatic carbocycles. The molecule has 1 aliphatic rings. The fourth-order valence-corrected chi connectivity index (χ4v) is 6.53. The van der Waals surface area contributed by atoms with Crippen LogP contribution in [0.15, 0.2) is 132 Å². The topological polar surface area (TPSA) is 36.2 Å². The van der Waals surface area contributed by atoms with E-state index in [9.17, 15) is 0 Å². The molecular weight excluding hydrogens is 508 g/mol. The number of aliphatic imine (C=N–C) groups is 1. The minimum atomic E-state index is -0.235. The summed E-state index contributed by atoms with van der Waals surface area (Å²) < 4.78 is 0. The number of rotatable bonds is 6. The molecule has 0 aliphatic carbocycles. The van der Waals surface area contributed by atoms with Crippen LogP contribution in [0.4, 0.5) is 0 Å². The van der Waals surface area contributed by atoms with Gasteiger partial charge in [0.05, 0.1) is 5.71 Å². The first-order valence-electron chi connectivity index (χ1n) is 14.7. The van der Waals surface area contributed by atoms with E-state index in [1.807, 2.05) is 19.1 Å². The van der Waals surface area contributed by atoms with Crippen molar-refractivity contribution in [2.24, 2.45) is 4.99 Å². The average molecular weight is 541 g/mol. The van der Waals surface area contributed by atoms with Gasteiger partial charge in [-0.05, 0) is 85.1 Å². The Kier molecular flexibility index (Phi) is 6.60. The van der Waals surface area contributed by atoms with Crippen molar-refractivity contribution in [2.75, 3.05) is 0 Å². The van der Waals surface area contributed by atoms with E-state index >= 15 is 0 Å². The molecule has 2 nitrogen and oxygen atoms in total. The molecule has 202 valence electrons. The predicted molar refractivity (Wildman–Crippen MR) is 182 cm³/mol. The van der Waals surface area contributed by atoms with Gasteiger partial charge in [-0.1, -0.05) is 128 Å². The maximum Gasteiger partial charge on any atom is 0.110 e. The largest absolute Gasteiger partial charge is 0.302 e. The van der Waals surface area contributed by atoms with Gasteiger partial charge < -0.3 is 5.41 Å². The van der Waals surface area contributed by atoms with Crippen molar-refractivity contribution in [1.82, 2.24) is 0 Å². The van der Waals surface area contributed by atoms with Crippen LogP contribution in [0, 0.1) is 5.41 Å². The summed E-state index contributed by atoms with van der Waals surface area (Å²) in [5.74, 6) is 0. The molecule has 1 aliphatic heterocycles. The Balaban J connectivity index is 1.51. The zero-order chi connectivity index (χ0) is 28.6. The third kappa shape index (κ3) is 4.19. The lowest BCUT2D eigenvalue weighted by atomic mass is 9.83. The van der Waals surface area contributed by atoms with Crippen LogP contribution in [-0.2, 0) is 6.42 Å². The molecule has 0 bridgehead atoms. The molecule has 6 aromatic rings. The molecule has 1 unspecified atom stereocenters. The number of hydrogen-bond donors (Lipinski definition) is 1. The number of hydrogen-bond acceptors (Lipinski definition) is 2. The van der Waals surface area contributed by atoms with Gasteiger partial charge in [-0.3, -0.25) is 4.99 Å². The van der Waals surface area contributed by atoms with E-state index in [0.717, 1.165) is 22.9 Å². The summed E-state index contributed by atoms with van der Waals surface area (Å²) in [5, 5.41) is 16.3. The molecule has 7 rings (SSSR count). The summed E-state index contributed by atoms with van der Waals surface area (Å²) in [6, 6.07) is 39.5. The highest BCUT2D eigenvalue weighted by molar-refractivity contribution is 6.29. The van der Waals surface area contributed by atoms with Gasteiger partial charge in [0.1, 0.15) is 6.04 Å². The Hall–Kier alpha value is -5.08. The monoisotopic (exact) mass is 540 g/mol. The van der Waals surface area contributed by atoms with Gasteiger partial charge in [-0.2, -0.15) is 0 Å². The van der Waals surface area contributed by atoms with Crippen LogP contribution in [0.3, 0.4) is 0 Å². The first-order chi connectivity index (χ1) is 20.7. The fraction of sp³-hybridized carbons (Fsp3) is 0.100. The van der Waals surface area contributed by atoms with E-state index in [2.05, 4.69) is 127 Å². The number of nitrogens with one attached hydrogen (secondary N) is 1. The molecule has 0 amide bonds. The summed E-state index contributed by atoms with van der Waals surface area (Å²) in [4.78, 5) is 4.48. The predicted octanol–water partition coefficient (Wildman–Crippen LogP) is 10.5. The molecular formula is C40H32N2. The van der Waals surface area contributed by atoms with Crippen molar-refractivity contribution in [3.63, 3.8) is 0 Å². The average Bonchev–Trinajstić information content (AvgIpc) is 3.59. The molecule has 42 heavy (non-hydrogen) atoms. The van der Waals surface area contributed by atoms with Crippen LogP contribution >= 0.6 is 0 Å². The molecule has 1 heterocycles. The number of benzene rings is 6. The smallest absolute Gasteiger partial charge is 0.110 e. The molecule has 0 fully saturated rings. The Morgan fingerprint density at radius 2 is 1.29 bits per heavy atom. The van der Waals surface area contributed by atoms with Crippen molar-refractivity contribution >= 4 is 49.8 Å². The third-order valence-electron chi connectivity index (χ3n) is 8.56. The summed E-state index contributed by atoms with van der Waals surface area (Å²) >= 11 is 0. The lowest BCUT2D eigenvalue weighted by Crippen LogP contribution is -2.15. The summed E-state index contributed by atoms with van der Waals surface area (Å²) in [7, 11) is 0. The second-order valence-corrected chi connectivity index (χ2v) is 10.8. The Morgan fingerprint density at radius 3 is 1.88 bits per heavy atom. The highest BCUT2D eigenvalue weighted by Crippen LogP contribution is 2.45. The van der Waals surface area contributed by atoms with Crippen molar-refractivity contribution < 1.29 is 0 Å². The molecule has 2 heteroatoms. The quantitative estimate of drug-likeness (QED) is 0.161. The molecule has 1 N–H and O–H groups in total. The lowest BCUT2D eigenvalue weighted by molar-refractivity contribution is 1.10. The van der Waals surface area contributed by atoms with Gasteiger partial charge >= 0.3 is 0 Å². The van der Waals surface area contributed by atoms with Gasteiger partial charge in [0.2, 0.25) is 0 Å². The zero-order valence-electron chi connectivity index (χ0n) is 23.9. The molecule has 0 saturated heterocycles. The first kappa shape index (κ1) is 25.9.